The van der Waals surface area contributed by atoms with E-state index >= 15 is 0 Å². The summed E-state index contributed by atoms with van der Waals surface area (Å²) < 4.78 is 13.1. The number of rotatable bonds is 2. The molecule has 2 unspecified atom stereocenters. The zero-order chi connectivity index (χ0) is 12.6. The summed E-state index contributed by atoms with van der Waals surface area (Å²) in [7, 11) is 0. The molecule has 1 N–H and O–H groups in total. The predicted molar refractivity (Wildman–Crippen MR) is 71.0 cm³/mol. The Morgan fingerprint density at radius 1 is 1.35 bits per heavy atom. The minimum absolute atomic E-state index is 0.180. The van der Waals surface area contributed by atoms with Crippen LogP contribution in [0.3, 0.4) is 0 Å². The highest BCUT2D eigenvalue weighted by Gasteiger charge is 2.36. The maximum Gasteiger partial charge on any atom is 0.141 e. The molecule has 94 valence electrons. The lowest BCUT2D eigenvalue weighted by molar-refractivity contribution is 0.366. The summed E-state index contributed by atoms with van der Waals surface area (Å²) in [6, 6.07) is 5.27. The molecule has 1 aromatic rings. The quantitative estimate of drug-likeness (QED) is 0.807. The molecule has 1 aromatic carbocycles. The van der Waals surface area contributed by atoms with Crippen molar-refractivity contribution in [2.75, 3.05) is 5.32 Å². The molecule has 0 radical (unpaired) electrons. The van der Waals surface area contributed by atoms with Crippen LogP contribution in [-0.2, 0) is 0 Å². The minimum Gasteiger partial charge on any atom is -0.382 e. The normalized spacial score (nSPS) is 27.1. The Hall–Kier alpha value is -0.760. The van der Waals surface area contributed by atoms with E-state index in [1.807, 2.05) is 0 Å². The predicted octanol–water partition coefficient (Wildman–Crippen LogP) is 4.72. The van der Waals surface area contributed by atoms with Crippen LogP contribution in [0.4, 0.5) is 10.1 Å². The van der Waals surface area contributed by atoms with Crippen LogP contribution in [0.25, 0.3) is 0 Å². The molecule has 1 aliphatic carbocycles. The first-order valence-corrected chi connectivity index (χ1v) is 6.47. The molecular formula is C14H19ClFN. The lowest BCUT2D eigenvalue weighted by Crippen LogP contribution is -2.22. The molecule has 2 rings (SSSR count). The van der Waals surface area contributed by atoms with Crippen LogP contribution < -0.4 is 5.32 Å². The van der Waals surface area contributed by atoms with Crippen molar-refractivity contribution in [2.24, 2.45) is 11.3 Å². The van der Waals surface area contributed by atoms with Crippen LogP contribution >= 0.6 is 11.6 Å². The molecule has 0 aliphatic heterocycles. The van der Waals surface area contributed by atoms with Gasteiger partial charge in [0.05, 0.1) is 5.02 Å². The van der Waals surface area contributed by atoms with Gasteiger partial charge in [-0.1, -0.05) is 32.4 Å². The molecule has 2 atom stereocenters. The van der Waals surface area contributed by atoms with Gasteiger partial charge in [-0.3, -0.25) is 0 Å². The van der Waals surface area contributed by atoms with Gasteiger partial charge in [-0.25, -0.2) is 4.39 Å². The van der Waals surface area contributed by atoms with Crippen molar-refractivity contribution < 1.29 is 4.39 Å². The number of hydrogen-bond acceptors (Lipinski definition) is 1. The fourth-order valence-electron chi connectivity index (χ4n) is 2.89. The summed E-state index contributed by atoms with van der Waals surface area (Å²) in [5.41, 5.74) is 1.30. The number of benzene rings is 1. The van der Waals surface area contributed by atoms with Gasteiger partial charge in [-0.15, -0.1) is 0 Å². The van der Waals surface area contributed by atoms with Crippen LogP contribution in [0, 0.1) is 17.2 Å². The van der Waals surface area contributed by atoms with Crippen molar-refractivity contribution in [2.45, 2.75) is 39.7 Å². The highest BCUT2D eigenvalue weighted by Crippen LogP contribution is 2.42. The van der Waals surface area contributed by atoms with E-state index in [1.54, 1.807) is 12.1 Å². The van der Waals surface area contributed by atoms with Crippen LogP contribution in [0.15, 0.2) is 18.2 Å². The number of hydrogen-bond donors (Lipinski definition) is 1. The van der Waals surface area contributed by atoms with Gasteiger partial charge >= 0.3 is 0 Å². The van der Waals surface area contributed by atoms with E-state index in [4.69, 9.17) is 11.6 Å². The van der Waals surface area contributed by atoms with E-state index in [2.05, 4.69) is 26.1 Å². The van der Waals surface area contributed by atoms with Crippen molar-refractivity contribution in [3.8, 4) is 0 Å². The topological polar surface area (TPSA) is 12.0 Å². The zero-order valence-corrected chi connectivity index (χ0v) is 11.3. The summed E-state index contributed by atoms with van der Waals surface area (Å²) in [5, 5.41) is 3.64. The molecule has 0 aromatic heterocycles. The zero-order valence-electron chi connectivity index (χ0n) is 10.6. The average molecular weight is 256 g/mol. The third kappa shape index (κ3) is 2.92. The molecule has 1 saturated carbocycles. The third-order valence-corrected chi connectivity index (χ3v) is 3.90. The van der Waals surface area contributed by atoms with Gasteiger partial charge in [0.1, 0.15) is 5.82 Å². The molecule has 1 fully saturated rings. The van der Waals surface area contributed by atoms with E-state index in [9.17, 15) is 4.39 Å². The van der Waals surface area contributed by atoms with Gasteiger partial charge in [0.2, 0.25) is 0 Å². The Labute approximate surface area is 107 Å². The fraction of sp³-hybridized carbons (Fsp3) is 0.571. The summed E-state index contributed by atoms with van der Waals surface area (Å²) in [5.74, 6) is 0.269. The second-order valence-corrected chi connectivity index (χ2v) is 6.34. The summed E-state index contributed by atoms with van der Waals surface area (Å²) in [6.07, 6.45) is 2.36. The monoisotopic (exact) mass is 255 g/mol. The number of nitrogens with one attached hydrogen (secondary N) is 1. The Kier molecular flexibility index (Phi) is 3.35. The Morgan fingerprint density at radius 2 is 2.06 bits per heavy atom. The standard InChI is InChI=1S/C14H19ClFN/c1-9-7-14(2,3)8-13(9)17-10-4-5-12(16)11(15)6-10/h4-6,9,13,17H,7-8H2,1-3H3. The Morgan fingerprint density at radius 3 is 2.59 bits per heavy atom. The van der Waals surface area contributed by atoms with Crippen molar-refractivity contribution in [3.05, 3.63) is 29.0 Å². The van der Waals surface area contributed by atoms with E-state index in [0.29, 0.717) is 17.4 Å². The average Bonchev–Trinajstić information content (AvgIpc) is 2.46. The van der Waals surface area contributed by atoms with Gasteiger partial charge in [0.25, 0.3) is 0 Å². The molecule has 17 heavy (non-hydrogen) atoms. The number of halogens is 2. The molecule has 1 nitrogen and oxygen atoms in total. The summed E-state index contributed by atoms with van der Waals surface area (Å²) in [6.45, 7) is 6.85. The van der Waals surface area contributed by atoms with Crippen LogP contribution in [0.5, 0.6) is 0 Å². The molecule has 3 heteroatoms. The highest BCUT2D eigenvalue weighted by molar-refractivity contribution is 6.31. The van der Waals surface area contributed by atoms with Gasteiger partial charge in [-0.05, 0) is 42.4 Å². The maximum absolute atomic E-state index is 13.1. The molecule has 0 amide bonds. The largest absolute Gasteiger partial charge is 0.382 e. The first kappa shape index (κ1) is 12.7. The van der Waals surface area contributed by atoms with Crippen LogP contribution in [-0.4, -0.2) is 6.04 Å². The van der Waals surface area contributed by atoms with Gasteiger partial charge in [0, 0.05) is 11.7 Å². The van der Waals surface area contributed by atoms with Gasteiger partial charge in [0.15, 0.2) is 0 Å². The van der Waals surface area contributed by atoms with Crippen molar-refractivity contribution in [1.82, 2.24) is 0 Å². The van der Waals surface area contributed by atoms with Crippen LogP contribution in [0.1, 0.15) is 33.6 Å². The van der Waals surface area contributed by atoms with Gasteiger partial charge < -0.3 is 5.32 Å². The molecule has 0 spiro atoms. The molecule has 0 saturated heterocycles. The number of anilines is 1. The fourth-order valence-corrected chi connectivity index (χ4v) is 3.07. The van der Waals surface area contributed by atoms with Crippen LogP contribution in [0.2, 0.25) is 5.02 Å². The summed E-state index contributed by atoms with van der Waals surface area (Å²) in [4.78, 5) is 0. The lowest BCUT2D eigenvalue weighted by atomic mass is 9.91. The second-order valence-electron chi connectivity index (χ2n) is 5.93. The third-order valence-electron chi connectivity index (χ3n) is 3.61. The maximum atomic E-state index is 13.1. The van der Waals surface area contributed by atoms with E-state index in [-0.39, 0.29) is 10.8 Å². The first-order chi connectivity index (χ1) is 7.87. The minimum atomic E-state index is -0.364. The molecule has 1 aliphatic rings. The smallest absolute Gasteiger partial charge is 0.141 e. The van der Waals surface area contributed by atoms with Crippen molar-refractivity contribution in [3.63, 3.8) is 0 Å². The molecule has 0 bridgehead atoms. The summed E-state index contributed by atoms with van der Waals surface area (Å²) >= 11 is 5.78. The van der Waals surface area contributed by atoms with Gasteiger partial charge in [-0.2, -0.15) is 0 Å². The lowest BCUT2D eigenvalue weighted by Gasteiger charge is -2.20. The van der Waals surface area contributed by atoms with Crippen molar-refractivity contribution >= 4 is 17.3 Å². The first-order valence-electron chi connectivity index (χ1n) is 6.09. The second kappa shape index (κ2) is 4.49. The SMILES string of the molecule is CC1CC(C)(C)CC1Nc1ccc(F)c(Cl)c1. The Bertz CT molecular complexity index is 417. The highest BCUT2D eigenvalue weighted by atomic mass is 35.5. The molecule has 0 heterocycles. The van der Waals surface area contributed by atoms with E-state index in [1.165, 1.54) is 12.5 Å². The van der Waals surface area contributed by atoms with E-state index in [0.717, 1.165) is 12.1 Å². The van der Waals surface area contributed by atoms with Crippen molar-refractivity contribution in [1.29, 1.82) is 0 Å². The Balaban J connectivity index is 2.08. The molecular weight excluding hydrogens is 237 g/mol. The van der Waals surface area contributed by atoms with E-state index < -0.39 is 0 Å².